The van der Waals surface area contributed by atoms with Crippen LogP contribution in [0.1, 0.15) is 28.8 Å². The van der Waals surface area contributed by atoms with Crippen LogP contribution in [-0.4, -0.2) is 19.2 Å². The van der Waals surface area contributed by atoms with Gasteiger partial charge in [-0.2, -0.15) is 0 Å². The van der Waals surface area contributed by atoms with Crippen LogP contribution in [0.15, 0.2) is 16.6 Å². The molecule has 16 heavy (non-hydrogen) atoms. The van der Waals surface area contributed by atoms with Crippen molar-refractivity contribution < 1.29 is 14.3 Å². The fraction of sp³-hybridized carbons (Fsp3) is 0.417. The fourth-order valence-corrected chi connectivity index (χ4v) is 1.89. The molecular weight excluding hydrogens is 272 g/mol. The molecule has 1 aromatic rings. The van der Waals surface area contributed by atoms with Gasteiger partial charge in [0.2, 0.25) is 0 Å². The lowest BCUT2D eigenvalue weighted by atomic mass is 10.1. The predicted molar refractivity (Wildman–Crippen MR) is 63.9 cm³/mol. The number of benzene rings is 1. The van der Waals surface area contributed by atoms with Crippen molar-refractivity contribution in [2.24, 2.45) is 0 Å². The maximum absolute atomic E-state index is 11.4. The second kappa shape index (κ2) is 4.45. The van der Waals surface area contributed by atoms with Crippen molar-refractivity contribution in [3.63, 3.8) is 0 Å². The van der Waals surface area contributed by atoms with Gasteiger partial charge < -0.3 is 9.47 Å². The zero-order valence-electron chi connectivity index (χ0n) is 9.25. The summed E-state index contributed by atoms with van der Waals surface area (Å²) in [5, 5.41) is 0. The molecule has 0 atom stereocenters. The molecule has 0 N–H and O–H groups in total. The first-order valence-electron chi connectivity index (χ1n) is 5.17. The normalized spacial score (nSPS) is 14.7. The van der Waals surface area contributed by atoms with Crippen LogP contribution in [-0.2, 0) is 4.74 Å². The van der Waals surface area contributed by atoms with Gasteiger partial charge in [0.25, 0.3) is 0 Å². The Morgan fingerprint density at radius 1 is 1.44 bits per heavy atom. The summed E-state index contributed by atoms with van der Waals surface area (Å²) in [7, 11) is 1.38. The van der Waals surface area contributed by atoms with Crippen molar-refractivity contribution in [2.75, 3.05) is 7.11 Å². The maximum Gasteiger partial charge on any atom is 0.338 e. The van der Waals surface area contributed by atoms with E-state index in [1.54, 1.807) is 6.07 Å². The molecule has 1 fully saturated rings. The molecule has 86 valence electrons. The summed E-state index contributed by atoms with van der Waals surface area (Å²) in [4.78, 5) is 11.4. The molecule has 0 amide bonds. The van der Waals surface area contributed by atoms with Gasteiger partial charge in [-0.15, -0.1) is 0 Å². The van der Waals surface area contributed by atoms with Crippen LogP contribution in [0.2, 0.25) is 0 Å². The van der Waals surface area contributed by atoms with Crippen LogP contribution in [0.3, 0.4) is 0 Å². The summed E-state index contributed by atoms with van der Waals surface area (Å²) in [6, 6.07) is 3.55. The summed E-state index contributed by atoms with van der Waals surface area (Å²) < 4.78 is 11.2. The molecule has 1 aromatic carbocycles. The van der Waals surface area contributed by atoms with Crippen molar-refractivity contribution in [1.29, 1.82) is 0 Å². The molecule has 0 unspecified atom stereocenters. The molecule has 0 aromatic heterocycles. The minimum Gasteiger partial charge on any atom is -0.489 e. The number of carbonyl (C=O) groups is 1. The number of carbonyl (C=O) groups excluding carboxylic acids is 1. The van der Waals surface area contributed by atoms with E-state index >= 15 is 0 Å². The van der Waals surface area contributed by atoms with Crippen molar-refractivity contribution in [1.82, 2.24) is 0 Å². The Bertz CT molecular complexity index is 425. The predicted octanol–water partition coefficient (Wildman–Crippen LogP) is 3.09. The van der Waals surface area contributed by atoms with Gasteiger partial charge in [0.15, 0.2) is 0 Å². The Morgan fingerprint density at radius 3 is 2.69 bits per heavy atom. The van der Waals surface area contributed by atoms with Crippen LogP contribution < -0.4 is 4.74 Å². The second-order valence-corrected chi connectivity index (χ2v) is 4.65. The number of rotatable bonds is 3. The van der Waals surface area contributed by atoms with Crippen LogP contribution in [0.5, 0.6) is 5.75 Å². The Morgan fingerprint density at radius 2 is 2.12 bits per heavy atom. The number of hydrogen-bond donors (Lipinski definition) is 0. The lowest BCUT2D eigenvalue weighted by molar-refractivity contribution is 0.0600. The molecule has 1 aliphatic carbocycles. The number of halogens is 1. The van der Waals surface area contributed by atoms with E-state index in [1.807, 2.05) is 13.0 Å². The molecule has 4 heteroatoms. The first-order chi connectivity index (χ1) is 7.63. The zero-order chi connectivity index (χ0) is 11.7. The quantitative estimate of drug-likeness (QED) is 0.801. The van der Waals surface area contributed by atoms with Crippen LogP contribution in [0, 0.1) is 6.92 Å². The van der Waals surface area contributed by atoms with Crippen molar-refractivity contribution in [3.05, 3.63) is 27.7 Å². The summed E-state index contributed by atoms with van der Waals surface area (Å²) in [5.41, 5.74) is 1.42. The largest absolute Gasteiger partial charge is 0.489 e. The maximum atomic E-state index is 11.4. The lowest BCUT2D eigenvalue weighted by Crippen LogP contribution is -2.05. The molecule has 0 radical (unpaired) electrons. The SMILES string of the molecule is COC(=O)c1ccc(OC2CC2)c(Br)c1C. The summed E-state index contributed by atoms with van der Waals surface area (Å²) >= 11 is 3.45. The molecular formula is C12H13BrO3. The smallest absolute Gasteiger partial charge is 0.338 e. The number of methoxy groups -OCH3 is 1. The van der Waals surface area contributed by atoms with E-state index < -0.39 is 0 Å². The first-order valence-corrected chi connectivity index (χ1v) is 5.97. The number of hydrogen-bond acceptors (Lipinski definition) is 3. The standard InChI is InChI=1S/C12H13BrO3/c1-7-9(12(14)15-2)5-6-10(11(7)13)16-8-3-4-8/h5-6,8H,3-4H2,1-2H3. The molecule has 2 rings (SSSR count). The minimum absolute atomic E-state index is 0.323. The lowest BCUT2D eigenvalue weighted by Gasteiger charge is -2.11. The summed E-state index contributed by atoms with van der Waals surface area (Å²) in [6.45, 7) is 1.87. The Balaban J connectivity index is 2.30. The molecule has 0 bridgehead atoms. The third-order valence-electron chi connectivity index (χ3n) is 2.57. The van der Waals surface area contributed by atoms with E-state index in [4.69, 9.17) is 9.47 Å². The van der Waals surface area contributed by atoms with Crippen molar-refractivity contribution in [3.8, 4) is 5.75 Å². The number of ether oxygens (including phenoxy) is 2. The molecule has 3 nitrogen and oxygen atoms in total. The van der Waals surface area contributed by atoms with Gasteiger partial charge in [0.1, 0.15) is 5.75 Å². The van der Waals surface area contributed by atoms with Gasteiger partial charge in [-0.25, -0.2) is 4.79 Å². The van der Waals surface area contributed by atoms with Crippen LogP contribution in [0.25, 0.3) is 0 Å². The fourth-order valence-electron chi connectivity index (χ4n) is 1.45. The van der Waals surface area contributed by atoms with Crippen molar-refractivity contribution in [2.45, 2.75) is 25.9 Å². The van der Waals surface area contributed by atoms with E-state index in [1.165, 1.54) is 7.11 Å². The van der Waals surface area contributed by atoms with E-state index in [-0.39, 0.29) is 5.97 Å². The third-order valence-corrected chi connectivity index (χ3v) is 3.56. The average molecular weight is 285 g/mol. The van der Waals surface area contributed by atoms with Crippen LogP contribution >= 0.6 is 15.9 Å². The van der Waals surface area contributed by atoms with E-state index in [0.717, 1.165) is 28.6 Å². The topological polar surface area (TPSA) is 35.5 Å². The highest BCUT2D eigenvalue weighted by molar-refractivity contribution is 9.10. The van der Waals surface area contributed by atoms with Crippen LogP contribution in [0.4, 0.5) is 0 Å². The van der Waals surface area contributed by atoms with Gasteiger partial charge in [-0.05, 0) is 53.4 Å². The van der Waals surface area contributed by atoms with Gasteiger partial charge in [-0.1, -0.05) is 0 Å². The average Bonchev–Trinajstić information content (AvgIpc) is 3.08. The van der Waals surface area contributed by atoms with E-state index in [0.29, 0.717) is 11.7 Å². The highest BCUT2D eigenvalue weighted by atomic mass is 79.9. The summed E-state index contributed by atoms with van der Waals surface area (Å²) in [6.07, 6.45) is 2.58. The van der Waals surface area contributed by atoms with Crippen molar-refractivity contribution >= 4 is 21.9 Å². The monoisotopic (exact) mass is 284 g/mol. The Kier molecular flexibility index (Phi) is 3.19. The molecule has 0 spiro atoms. The molecule has 1 aliphatic rings. The molecule has 0 heterocycles. The van der Waals surface area contributed by atoms with Gasteiger partial charge in [-0.3, -0.25) is 0 Å². The van der Waals surface area contributed by atoms with Gasteiger partial charge in [0.05, 0.1) is 23.2 Å². The minimum atomic E-state index is -0.323. The van der Waals surface area contributed by atoms with Gasteiger partial charge >= 0.3 is 5.97 Å². The number of esters is 1. The molecule has 0 saturated heterocycles. The van der Waals surface area contributed by atoms with E-state index in [9.17, 15) is 4.79 Å². The first kappa shape index (κ1) is 11.5. The Hall–Kier alpha value is -1.03. The molecule has 1 saturated carbocycles. The van der Waals surface area contributed by atoms with Gasteiger partial charge in [0, 0.05) is 0 Å². The molecule has 0 aliphatic heterocycles. The third kappa shape index (κ3) is 2.21. The summed E-state index contributed by atoms with van der Waals surface area (Å²) in [5.74, 6) is 0.476. The Labute approximate surface area is 103 Å². The second-order valence-electron chi connectivity index (χ2n) is 3.86. The van der Waals surface area contributed by atoms with E-state index in [2.05, 4.69) is 15.9 Å². The zero-order valence-corrected chi connectivity index (χ0v) is 10.8. The highest BCUT2D eigenvalue weighted by Crippen LogP contribution is 2.35. The highest BCUT2D eigenvalue weighted by Gasteiger charge is 2.25.